The Hall–Kier alpha value is -3.49. The Labute approximate surface area is 237 Å². The third kappa shape index (κ3) is 7.79. The second-order valence-corrected chi connectivity index (χ2v) is 10.6. The second kappa shape index (κ2) is 14.8. The lowest BCUT2D eigenvalue weighted by Crippen LogP contribution is -2.39. The van der Waals surface area contributed by atoms with Gasteiger partial charge in [0.25, 0.3) is 5.56 Å². The molecule has 3 aromatic rings. The number of hydrogen-bond donors (Lipinski definition) is 3. The van der Waals surface area contributed by atoms with Crippen LogP contribution in [0.25, 0.3) is 11.1 Å². The van der Waals surface area contributed by atoms with Crippen molar-refractivity contribution < 1.29 is 14.6 Å². The van der Waals surface area contributed by atoms with E-state index in [0.717, 1.165) is 49.4 Å². The van der Waals surface area contributed by atoms with Gasteiger partial charge in [0.15, 0.2) is 0 Å². The molecule has 0 bridgehead atoms. The molecule has 8 heteroatoms. The Morgan fingerprint density at radius 1 is 1.15 bits per heavy atom. The highest BCUT2D eigenvalue weighted by Crippen LogP contribution is 2.33. The molecule has 8 nitrogen and oxygen atoms in total. The number of rotatable bonds is 9. The van der Waals surface area contributed by atoms with Gasteiger partial charge in [-0.1, -0.05) is 26.0 Å². The summed E-state index contributed by atoms with van der Waals surface area (Å²) >= 11 is 0. The molecule has 0 spiro atoms. The lowest BCUT2D eigenvalue weighted by molar-refractivity contribution is -0.109. The summed E-state index contributed by atoms with van der Waals surface area (Å²) in [5.41, 5.74) is 9.28. The van der Waals surface area contributed by atoms with Crippen LogP contribution in [0.5, 0.6) is 0 Å². The van der Waals surface area contributed by atoms with Crippen LogP contribution in [-0.2, 0) is 22.7 Å². The first-order chi connectivity index (χ1) is 19.2. The van der Waals surface area contributed by atoms with E-state index in [9.17, 15) is 14.7 Å². The van der Waals surface area contributed by atoms with Gasteiger partial charge < -0.3 is 25.0 Å². The highest BCUT2D eigenvalue weighted by Gasteiger charge is 2.23. The van der Waals surface area contributed by atoms with Crippen LogP contribution in [0.4, 0.5) is 5.69 Å². The molecule has 3 heterocycles. The molecule has 1 fully saturated rings. The van der Waals surface area contributed by atoms with E-state index in [4.69, 9.17) is 4.74 Å². The average Bonchev–Trinajstić information content (AvgIpc) is 2.95. The molecule has 1 aliphatic rings. The normalized spacial score (nSPS) is 13.5. The van der Waals surface area contributed by atoms with Gasteiger partial charge in [-0.2, -0.15) is 0 Å². The van der Waals surface area contributed by atoms with Gasteiger partial charge in [-0.05, 0) is 86.9 Å². The molecule has 4 rings (SSSR count). The monoisotopic (exact) mass is 548 g/mol. The van der Waals surface area contributed by atoms with Crippen molar-refractivity contribution in [2.24, 2.45) is 0 Å². The van der Waals surface area contributed by atoms with Crippen LogP contribution in [0.2, 0.25) is 0 Å². The maximum atomic E-state index is 11.7. The van der Waals surface area contributed by atoms with Crippen LogP contribution in [-0.4, -0.2) is 47.3 Å². The first-order valence-corrected chi connectivity index (χ1v) is 14.1. The molecular weight excluding hydrogens is 504 g/mol. The number of anilines is 1. The fourth-order valence-corrected chi connectivity index (χ4v) is 5.20. The van der Waals surface area contributed by atoms with E-state index in [2.05, 4.69) is 53.1 Å². The van der Waals surface area contributed by atoms with Gasteiger partial charge in [-0.15, -0.1) is 0 Å². The number of aryl methyl sites for hydroxylation is 2. The summed E-state index contributed by atoms with van der Waals surface area (Å²) in [5, 5.41) is 11.7. The summed E-state index contributed by atoms with van der Waals surface area (Å²) in [6, 6.07) is 10.9. The predicted octanol–water partition coefficient (Wildman–Crippen LogP) is 4.92. The van der Waals surface area contributed by atoms with E-state index >= 15 is 0 Å². The Morgan fingerprint density at radius 2 is 1.88 bits per heavy atom. The van der Waals surface area contributed by atoms with E-state index < -0.39 is 0 Å². The third-order valence-electron chi connectivity index (χ3n) is 7.53. The molecule has 0 aliphatic carbocycles. The number of pyridine rings is 2. The van der Waals surface area contributed by atoms with E-state index in [1.165, 1.54) is 22.4 Å². The number of hydrogen-bond acceptors (Lipinski definition) is 6. The molecule has 0 unspecified atom stereocenters. The van der Waals surface area contributed by atoms with Crippen LogP contribution in [0.15, 0.2) is 41.3 Å². The number of carbonyl (C=O) groups excluding carboxylic acids is 1. The van der Waals surface area contributed by atoms with Crippen molar-refractivity contribution >= 4 is 12.1 Å². The van der Waals surface area contributed by atoms with Crippen molar-refractivity contribution in [3.63, 3.8) is 0 Å². The summed E-state index contributed by atoms with van der Waals surface area (Å²) in [5.74, 6) is 0.273. The average molecular weight is 549 g/mol. The van der Waals surface area contributed by atoms with Crippen LogP contribution in [0.1, 0.15) is 73.2 Å². The Morgan fingerprint density at radius 3 is 2.45 bits per heavy atom. The number of aliphatic hydroxyl groups excluding tert-OH is 1. The fraction of sp³-hybridized carbons (Fsp3) is 0.469. The van der Waals surface area contributed by atoms with Gasteiger partial charge in [0.05, 0.1) is 12.3 Å². The van der Waals surface area contributed by atoms with Gasteiger partial charge in [0.1, 0.15) is 0 Å². The fourth-order valence-electron chi connectivity index (χ4n) is 5.20. The van der Waals surface area contributed by atoms with Gasteiger partial charge in [-0.25, -0.2) is 0 Å². The van der Waals surface area contributed by atoms with E-state index in [-0.39, 0.29) is 24.6 Å². The molecule has 0 radical (unpaired) electrons. The summed E-state index contributed by atoms with van der Waals surface area (Å²) in [6.45, 7) is 15.5. The zero-order valence-electron chi connectivity index (χ0n) is 24.7. The zero-order chi connectivity index (χ0) is 29.2. The van der Waals surface area contributed by atoms with Crippen molar-refractivity contribution in [2.75, 3.05) is 24.7 Å². The van der Waals surface area contributed by atoms with Crippen molar-refractivity contribution in [3.8, 4) is 11.1 Å². The standard InChI is InChI=1S/C21H28N2O2.C11H16N2O2/c1-4-23(20-7-9-25-10-8-20)21-12-18(11-15(2)16(21)3)17-5-6-19(14-24)22-13-17;1-7(2)9-4-8(3)13-11(15)10(9)5-12-6-14/h5-6,11-13,20,24H,4,7-10,14H2,1-3H3;4,6-7H,5H2,1-3H3,(H,12,14)(H,13,15). The molecule has 216 valence electrons. The molecule has 3 N–H and O–H groups in total. The number of ether oxygens (including phenoxy) is 1. The minimum Gasteiger partial charge on any atom is -0.390 e. The highest BCUT2D eigenvalue weighted by molar-refractivity contribution is 5.72. The zero-order valence-corrected chi connectivity index (χ0v) is 24.7. The molecule has 1 aromatic carbocycles. The smallest absolute Gasteiger partial charge is 0.253 e. The lowest BCUT2D eigenvalue weighted by atomic mass is 9.97. The summed E-state index contributed by atoms with van der Waals surface area (Å²) < 4.78 is 5.54. The third-order valence-corrected chi connectivity index (χ3v) is 7.53. The first kappa shape index (κ1) is 31.0. The number of aromatic nitrogens is 2. The van der Waals surface area contributed by atoms with E-state index in [0.29, 0.717) is 23.7 Å². The van der Waals surface area contributed by atoms with Crippen molar-refractivity contribution in [3.05, 3.63) is 80.5 Å². The summed E-state index contributed by atoms with van der Waals surface area (Å²) in [4.78, 5) is 31.5. The Kier molecular flexibility index (Phi) is 11.5. The molecule has 0 saturated carbocycles. The predicted molar refractivity (Wildman–Crippen MR) is 161 cm³/mol. The Balaban J connectivity index is 0.000000252. The number of amides is 1. The minimum absolute atomic E-state index is 0.0220. The van der Waals surface area contributed by atoms with Gasteiger partial charge in [-0.3, -0.25) is 14.6 Å². The number of carbonyl (C=O) groups is 1. The van der Waals surface area contributed by atoms with E-state index in [1.807, 2.05) is 45.2 Å². The SMILES string of the molecule is CCN(c1cc(-c2ccc(CO)nc2)cc(C)c1C)C1CCOCC1.Cc1cc(C(C)C)c(CNC=O)c(=O)[nH]1. The Bertz CT molecular complexity index is 1310. The quantitative estimate of drug-likeness (QED) is 0.328. The summed E-state index contributed by atoms with van der Waals surface area (Å²) in [6.07, 6.45) is 4.63. The van der Waals surface area contributed by atoms with Crippen molar-refractivity contribution in [2.45, 2.75) is 79.5 Å². The number of aliphatic hydroxyl groups is 1. The lowest BCUT2D eigenvalue weighted by Gasteiger charge is -2.37. The topological polar surface area (TPSA) is 108 Å². The molecule has 40 heavy (non-hydrogen) atoms. The minimum atomic E-state index is -0.118. The van der Waals surface area contributed by atoms with Crippen LogP contribution in [0, 0.1) is 20.8 Å². The number of aromatic amines is 1. The van der Waals surface area contributed by atoms with Crippen molar-refractivity contribution in [1.82, 2.24) is 15.3 Å². The maximum absolute atomic E-state index is 11.7. The largest absolute Gasteiger partial charge is 0.390 e. The maximum Gasteiger partial charge on any atom is 0.253 e. The van der Waals surface area contributed by atoms with E-state index in [1.54, 1.807) is 0 Å². The number of benzene rings is 1. The van der Waals surface area contributed by atoms with Crippen LogP contribution >= 0.6 is 0 Å². The molecule has 1 amide bonds. The molecule has 0 atom stereocenters. The van der Waals surface area contributed by atoms with Gasteiger partial charge >= 0.3 is 0 Å². The van der Waals surface area contributed by atoms with Crippen LogP contribution in [0.3, 0.4) is 0 Å². The number of nitrogens with one attached hydrogen (secondary N) is 2. The molecular formula is C32H44N4O4. The highest BCUT2D eigenvalue weighted by atomic mass is 16.5. The molecule has 1 saturated heterocycles. The second-order valence-electron chi connectivity index (χ2n) is 10.6. The van der Waals surface area contributed by atoms with Crippen molar-refractivity contribution in [1.29, 1.82) is 0 Å². The van der Waals surface area contributed by atoms with Crippen LogP contribution < -0.4 is 15.8 Å². The molecule has 1 aliphatic heterocycles. The van der Waals surface area contributed by atoms with Gasteiger partial charge in [0.2, 0.25) is 6.41 Å². The van der Waals surface area contributed by atoms with Gasteiger partial charge in [0, 0.05) is 61.1 Å². The molecule has 2 aromatic heterocycles. The number of nitrogens with zero attached hydrogens (tertiary/aromatic N) is 2. The number of H-pyrrole nitrogens is 1. The first-order valence-electron chi connectivity index (χ1n) is 14.1. The summed E-state index contributed by atoms with van der Waals surface area (Å²) in [7, 11) is 0.